The van der Waals surface area contributed by atoms with Gasteiger partial charge < -0.3 is 47.8 Å². The fourth-order valence-electron chi connectivity index (χ4n) is 1.34. The number of carbonyl (C=O) groups excluding carboxylic acids is 1. The number of esters is 1. The van der Waals surface area contributed by atoms with Crippen LogP contribution in [0.4, 0.5) is 0 Å². The molecule has 0 amide bonds. The maximum atomic E-state index is 11.3. The quantitative estimate of drug-likeness (QED) is 0.227. The van der Waals surface area contributed by atoms with Gasteiger partial charge in [0.2, 0.25) is 0 Å². The Morgan fingerprint density at radius 1 is 0.893 bits per heavy atom. The smallest absolute Gasteiger partial charge is 0.813 e. The molecule has 11 nitrogen and oxygen atoms in total. The third-order valence-electron chi connectivity index (χ3n) is 2.07. The monoisotopic (exact) mass is 486 g/mol. The van der Waals surface area contributed by atoms with Gasteiger partial charge in [0.25, 0.3) is 0 Å². The number of rotatable bonds is 4. The van der Waals surface area contributed by atoms with E-state index in [0.29, 0.717) is 6.61 Å². The van der Waals surface area contributed by atoms with Gasteiger partial charge in [0, 0.05) is 0 Å². The van der Waals surface area contributed by atoms with Crippen LogP contribution in [0.3, 0.4) is 0 Å². The van der Waals surface area contributed by atoms with Gasteiger partial charge in [-0.3, -0.25) is 4.79 Å². The molecule has 0 aliphatic heterocycles. The first kappa shape index (κ1) is 38.8. The minimum atomic E-state index is -3.63. The molecule has 1 unspecified atom stereocenters. The zero-order valence-electron chi connectivity index (χ0n) is 15.0. The van der Waals surface area contributed by atoms with E-state index in [1.807, 2.05) is 44.2 Å². The van der Waals surface area contributed by atoms with Crippen LogP contribution in [0.25, 0.3) is 0 Å². The number of hydrogen-bond acceptors (Lipinski definition) is 11. The van der Waals surface area contributed by atoms with Gasteiger partial charge in [0.1, 0.15) is 0 Å². The summed E-state index contributed by atoms with van der Waals surface area (Å²) in [6, 6.07) is 9.98. The molecule has 1 rings (SSSR count). The Morgan fingerprint density at radius 2 is 1.21 bits per heavy atom. The van der Waals surface area contributed by atoms with E-state index in [2.05, 4.69) is 0 Å². The summed E-state index contributed by atoms with van der Waals surface area (Å²) in [6.07, 6.45) is 0.750. The maximum absolute atomic E-state index is 11.3. The molecule has 0 saturated heterocycles. The Bertz CT molecular complexity index is 508. The molecular weight excluding hydrogens is 467 g/mol. The van der Waals surface area contributed by atoms with Crippen LogP contribution in [0.1, 0.15) is 19.4 Å². The van der Waals surface area contributed by atoms with Crippen molar-refractivity contribution in [2.75, 3.05) is 6.61 Å². The van der Waals surface area contributed by atoms with Gasteiger partial charge in [-0.1, -0.05) is 62.0 Å². The molecule has 154 valence electrons. The summed E-state index contributed by atoms with van der Waals surface area (Å²) in [5.41, 5.74) is 1.17. The maximum Gasteiger partial charge on any atom is 3.00 e. The van der Waals surface area contributed by atoms with Gasteiger partial charge in [-0.25, -0.2) is 0 Å². The molecule has 0 saturated carbocycles. The fourth-order valence-corrected chi connectivity index (χ4v) is 1.34. The average molecular weight is 486 g/mol. The fraction of sp³-hybridized carbons (Fsp3) is 0.417. The van der Waals surface area contributed by atoms with Crippen molar-refractivity contribution in [2.45, 2.75) is 20.3 Å². The van der Waals surface area contributed by atoms with Gasteiger partial charge in [-0.15, -0.1) is 0 Å². The Balaban J connectivity index is -0.000000105. The summed E-state index contributed by atoms with van der Waals surface area (Å²) < 4.78 is 30.5. The van der Waals surface area contributed by atoms with E-state index in [-0.39, 0.29) is 46.6 Å². The van der Waals surface area contributed by atoms with Crippen LogP contribution in [0, 0.1) is 5.92 Å². The molecule has 0 aromatic heterocycles. The molecule has 1 aromatic rings. The standard InChI is InChI=1S/C12H16O2.2Al.3H3O3P/c1-3-14-12(13)10(2)9-11-7-5-4-6-8-11;;;3*1-4(2)3/h4-8,10H,3,9H2,1-2H3;;;3*4H,(H2,1,2,3)/q;2*+3;;;/p-6. The van der Waals surface area contributed by atoms with Gasteiger partial charge in [-0.05, 0) is 18.9 Å². The molecule has 0 N–H and O–H groups in total. The van der Waals surface area contributed by atoms with Crippen LogP contribution >= 0.6 is 24.8 Å². The first-order chi connectivity index (χ1) is 11.9. The van der Waals surface area contributed by atoms with E-state index in [4.69, 9.17) is 47.8 Å². The van der Waals surface area contributed by atoms with Gasteiger partial charge in [-0.2, -0.15) is 0 Å². The molecule has 1 atom stereocenters. The molecule has 0 aliphatic rings. The number of ether oxygens (including phenoxy) is 1. The minimum absolute atomic E-state index is 0. The van der Waals surface area contributed by atoms with Crippen molar-refractivity contribution < 1.29 is 52.6 Å². The summed E-state index contributed by atoms with van der Waals surface area (Å²) in [6.45, 7) is 4.18. The third-order valence-corrected chi connectivity index (χ3v) is 2.07. The van der Waals surface area contributed by atoms with Crippen molar-refractivity contribution in [1.82, 2.24) is 0 Å². The second-order valence-corrected chi connectivity index (χ2v) is 5.59. The molecule has 28 heavy (non-hydrogen) atoms. The third kappa shape index (κ3) is 45.1. The Hall–Kier alpha value is 0.205. The van der Waals surface area contributed by atoms with Crippen molar-refractivity contribution in [3.05, 3.63) is 35.9 Å². The summed E-state index contributed by atoms with van der Waals surface area (Å²) in [4.78, 5) is 62.4. The number of benzene rings is 1. The minimum Gasteiger partial charge on any atom is -0.813 e. The topological polar surface area (TPSA) is 216 Å². The molecule has 0 heterocycles. The molecule has 0 spiro atoms. The van der Waals surface area contributed by atoms with Crippen molar-refractivity contribution in [1.29, 1.82) is 0 Å². The van der Waals surface area contributed by atoms with Gasteiger partial charge in [0.15, 0.2) is 0 Å². The van der Waals surface area contributed by atoms with Crippen LogP contribution in [-0.4, -0.2) is 47.3 Å². The molecule has 0 radical (unpaired) electrons. The predicted molar refractivity (Wildman–Crippen MR) is 94.5 cm³/mol. The van der Waals surface area contributed by atoms with E-state index in [9.17, 15) is 4.79 Å². The normalized spacial score (nSPS) is 9.82. The predicted octanol–water partition coefficient (Wildman–Crippen LogP) is -4.04. The van der Waals surface area contributed by atoms with E-state index >= 15 is 0 Å². The van der Waals surface area contributed by atoms with E-state index in [1.54, 1.807) is 0 Å². The van der Waals surface area contributed by atoms with Crippen molar-refractivity contribution >= 4 is 65.5 Å². The second kappa shape index (κ2) is 27.2. The van der Waals surface area contributed by atoms with E-state index in [1.165, 1.54) is 5.56 Å². The van der Waals surface area contributed by atoms with Crippen molar-refractivity contribution in [3.8, 4) is 0 Å². The molecule has 16 heteroatoms. The molecular formula is C12H19Al2O11P3. The van der Waals surface area contributed by atoms with Crippen LogP contribution < -0.4 is 29.4 Å². The zero-order valence-corrected chi connectivity index (χ0v) is 20.3. The Labute approximate surface area is 186 Å². The molecule has 0 fully saturated rings. The van der Waals surface area contributed by atoms with Crippen molar-refractivity contribution in [3.63, 3.8) is 0 Å². The van der Waals surface area contributed by atoms with Crippen LogP contribution in [0.15, 0.2) is 30.3 Å². The first-order valence-corrected chi connectivity index (χ1v) is 10.5. The molecule has 0 aliphatic carbocycles. The Kier molecular flexibility index (Phi) is 37.7. The Morgan fingerprint density at radius 3 is 1.50 bits per heavy atom. The summed E-state index contributed by atoms with van der Waals surface area (Å²) in [7, 11) is -10.9. The summed E-state index contributed by atoms with van der Waals surface area (Å²) >= 11 is 0. The van der Waals surface area contributed by atoms with E-state index < -0.39 is 24.8 Å². The van der Waals surface area contributed by atoms with Gasteiger partial charge >= 0.3 is 40.7 Å². The first-order valence-electron chi connectivity index (χ1n) is 6.78. The number of carbonyl (C=O) groups is 1. The van der Waals surface area contributed by atoms with E-state index in [0.717, 1.165) is 6.42 Å². The van der Waals surface area contributed by atoms with Gasteiger partial charge in [0.05, 0.1) is 12.5 Å². The van der Waals surface area contributed by atoms with Crippen LogP contribution in [0.2, 0.25) is 0 Å². The average Bonchev–Trinajstić information content (AvgIpc) is 2.46. The van der Waals surface area contributed by atoms with Crippen LogP contribution in [-0.2, 0) is 29.6 Å². The van der Waals surface area contributed by atoms with Crippen LogP contribution in [0.5, 0.6) is 0 Å². The van der Waals surface area contributed by atoms with Crippen molar-refractivity contribution in [2.24, 2.45) is 5.92 Å². The second-order valence-electron chi connectivity index (χ2n) is 4.09. The zero-order chi connectivity index (χ0) is 21.1. The number of hydrogen-bond donors (Lipinski definition) is 0. The summed E-state index contributed by atoms with van der Waals surface area (Å²) in [5.74, 6) is -0.172. The SMILES string of the molecule is CCOC(=O)C(C)Cc1ccccc1.O=[PH]([O-])[O-].O=[PH]([O-])[O-].O=[PH]([O-])[O-].[Al+3].[Al+3]. The largest absolute Gasteiger partial charge is 3.00 e. The molecule has 0 bridgehead atoms. The molecule has 1 aromatic carbocycles. The summed E-state index contributed by atoms with van der Waals surface area (Å²) in [5, 5.41) is 0.